The standard InChI is InChI=1S/C13H20N6OS/c1-3-11-15-10(18-20-11)8-21-13-17-16-12(19(13)2)9-4-6-14-7-5-9/h9,14H,3-8H2,1-2H3. The number of hydrogen-bond acceptors (Lipinski definition) is 7. The Morgan fingerprint density at radius 2 is 2.14 bits per heavy atom. The number of aromatic nitrogens is 5. The van der Waals surface area contributed by atoms with Crippen LogP contribution in [0.15, 0.2) is 9.68 Å². The summed E-state index contributed by atoms with van der Waals surface area (Å²) < 4.78 is 7.21. The Balaban J connectivity index is 1.64. The quantitative estimate of drug-likeness (QED) is 0.839. The van der Waals surface area contributed by atoms with Gasteiger partial charge in [-0.2, -0.15) is 4.98 Å². The van der Waals surface area contributed by atoms with Crippen LogP contribution in [-0.4, -0.2) is 38.0 Å². The molecule has 7 nitrogen and oxygen atoms in total. The number of rotatable bonds is 5. The van der Waals surface area contributed by atoms with E-state index in [9.17, 15) is 0 Å². The van der Waals surface area contributed by atoms with Crippen molar-refractivity contribution in [2.75, 3.05) is 13.1 Å². The molecule has 0 bridgehead atoms. The Morgan fingerprint density at radius 3 is 2.86 bits per heavy atom. The van der Waals surface area contributed by atoms with E-state index in [4.69, 9.17) is 4.52 Å². The Bertz CT molecular complexity index is 589. The first-order valence-electron chi connectivity index (χ1n) is 7.32. The molecule has 0 atom stereocenters. The van der Waals surface area contributed by atoms with Gasteiger partial charge < -0.3 is 14.4 Å². The highest BCUT2D eigenvalue weighted by atomic mass is 32.2. The van der Waals surface area contributed by atoms with Crippen molar-refractivity contribution in [3.05, 3.63) is 17.5 Å². The largest absolute Gasteiger partial charge is 0.339 e. The predicted molar refractivity (Wildman–Crippen MR) is 79.1 cm³/mol. The van der Waals surface area contributed by atoms with Crippen molar-refractivity contribution in [3.63, 3.8) is 0 Å². The molecular formula is C13H20N6OS. The molecule has 3 heterocycles. The van der Waals surface area contributed by atoms with E-state index in [-0.39, 0.29) is 0 Å². The lowest BCUT2D eigenvalue weighted by molar-refractivity contribution is 0.378. The molecule has 8 heteroatoms. The van der Waals surface area contributed by atoms with Crippen LogP contribution < -0.4 is 5.32 Å². The summed E-state index contributed by atoms with van der Waals surface area (Å²) in [5.74, 6) is 3.64. The van der Waals surface area contributed by atoms with Crippen molar-refractivity contribution in [2.24, 2.45) is 7.05 Å². The summed E-state index contributed by atoms with van der Waals surface area (Å²) >= 11 is 1.60. The van der Waals surface area contributed by atoms with Gasteiger partial charge in [-0.25, -0.2) is 0 Å². The molecule has 1 saturated heterocycles. The molecule has 1 aliphatic heterocycles. The molecule has 0 radical (unpaired) electrons. The van der Waals surface area contributed by atoms with E-state index in [1.54, 1.807) is 11.8 Å². The molecule has 114 valence electrons. The molecule has 1 N–H and O–H groups in total. The van der Waals surface area contributed by atoms with Crippen LogP contribution in [-0.2, 0) is 19.2 Å². The fourth-order valence-electron chi connectivity index (χ4n) is 2.51. The number of hydrogen-bond donors (Lipinski definition) is 1. The summed E-state index contributed by atoms with van der Waals surface area (Å²) in [5, 5.41) is 16.9. The average molecular weight is 308 g/mol. The summed E-state index contributed by atoms with van der Waals surface area (Å²) in [5.41, 5.74) is 0. The molecule has 0 spiro atoms. The SMILES string of the molecule is CCc1nc(CSc2nnc(C3CCNCC3)n2C)no1. The van der Waals surface area contributed by atoms with Crippen molar-refractivity contribution in [1.82, 2.24) is 30.2 Å². The first-order valence-corrected chi connectivity index (χ1v) is 8.30. The van der Waals surface area contributed by atoms with Crippen LogP contribution in [0.5, 0.6) is 0 Å². The summed E-state index contributed by atoms with van der Waals surface area (Å²) in [7, 11) is 2.04. The van der Waals surface area contributed by atoms with Gasteiger partial charge in [0.15, 0.2) is 11.0 Å². The van der Waals surface area contributed by atoms with Crippen LogP contribution >= 0.6 is 11.8 Å². The van der Waals surface area contributed by atoms with E-state index in [0.29, 0.717) is 23.4 Å². The van der Waals surface area contributed by atoms with Crippen molar-refractivity contribution in [2.45, 2.75) is 43.0 Å². The Labute approximate surface area is 127 Å². The summed E-state index contributed by atoms with van der Waals surface area (Å²) in [6, 6.07) is 0. The monoisotopic (exact) mass is 308 g/mol. The number of thioether (sulfide) groups is 1. The predicted octanol–water partition coefficient (Wildman–Crippen LogP) is 1.52. The molecule has 0 aliphatic carbocycles. The molecule has 1 fully saturated rings. The van der Waals surface area contributed by atoms with Gasteiger partial charge in [-0.15, -0.1) is 10.2 Å². The third-order valence-corrected chi connectivity index (χ3v) is 4.73. The highest BCUT2D eigenvalue weighted by Crippen LogP contribution is 2.27. The molecule has 3 rings (SSSR count). The Morgan fingerprint density at radius 1 is 1.33 bits per heavy atom. The molecule has 2 aromatic heterocycles. The van der Waals surface area contributed by atoms with Gasteiger partial charge in [-0.05, 0) is 25.9 Å². The summed E-state index contributed by atoms with van der Waals surface area (Å²) in [6.07, 6.45) is 3.02. The Kier molecular flexibility index (Phi) is 4.54. The minimum absolute atomic E-state index is 0.509. The third kappa shape index (κ3) is 3.26. The van der Waals surface area contributed by atoms with Crippen LogP contribution in [0.1, 0.15) is 43.2 Å². The zero-order chi connectivity index (χ0) is 14.7. The van der Waals surface area contributed by atoms with Gasteiger partial charge in [0.2, 0.25) is 5.89 Å². The van der Waals surface area contributed by atoms with Crippen LogP contribution in [0, 0.1) is 0 Å². The normalized spacial score (nSPS) is 16.5. The molecule has 2 aromatic rings. The van der Waals surface area contributed by atoms with Crippen molar-refractivity contribution < 1.29 is 4.52 Å². The maximum Gasteiger partial charge on any atom is 0.226 e. The number of nitrogens with one attached hydrogen (secondary N) is 1. The van der Waals surface area contributed by atoms with E-state index in [1.807, 2.05) is 14.0 Å². The number of nitrogens with zero attached hydrogens (tertiary/aromatic N) is 5. The van der Waals surface area contributed by atoms with Crippen molar-refractivity contribution in [3.8, 4) is 0 Å². The van der Waals surface area contributed by atoms with Crippen LogP contribution in [0.3, 0.4) is 0 Å². The smallest absolute Gasteiger partial charge is 0.226 e. The lowest BCUT2D eigenvalue weighted by Gasteiger charge is -2.21. The highest BCUT2D eigenvalue weighted by molar-refractivity contribution is 7.98. The van der Waals surface area contributed by atoms with E-state index >= 15 is 0 Å². The van der Waals surface area contributed by atoms with Crippen molar-refractivity contribution >= 4 is 11.8 Å². The molecule has 0 amide bonds. The molecule has 21 heavy (non-hydrogen) atoms. The molecule has 1 aliphatic rings. The lowest BCUT2D eigenvalue weighted by atomic mass is 9.97. The zero-order valence-electron chi connectivity index (χ0n) is 12.4. The fraction of sp³-hybridized carbons (Fsp3) is 0.692. The second-order valence-electron chi connectivity index (χ2n) is 5.17. The summed E-state index contributed by atoms with van der Waals surface area (Å²) in [4.78, 5) is 4.31. The minimum Gasteiger partial charge on any atom is -0.339 e. The van der Waals surface area contributed by atoms with Gasteiger partial charge >= 0.3 is 0 Å². The van der Waals surface area contributed by atoms with E-state index in [1.165, 1.54) is 0 Å². The first kappa shape index (κ1) is 14.5. The topological polar surface area (TPSA) is 81.7 Å². The van der Waals surface area contributed by atoms with E-state index in [0.717, 1.165) is 43.3 Å². The minimum atomic E-state index is 0.509. The van der Waals surface area contributed by atoms with E-state index < -0.39 is 0 Å². The molecular weight excluding hydrogens is 288 g/mol. The number of piperidine rings is 1. The first-order chi connectivity index (χ1) is 10.3. The fourth-order valence-corrected chi connectivity index (χ4v) is 3.27. The molecule has 0 unspecified atom stereocenters. The second kappa shape index (κ2) is 6.57. The van der Waals surface area contributed by atoms with Crippen LogP contribution in [0.4, 0.5) is 0 Å². The van der Waals surface area contributed by atoms with Gasteiger partial charge in [0.1, 0.15) is 5.82 Å². The lowest BCUT2D eigenvalue weighted by Crippen LogP contribution is -2.27. The maximum absolute atomic E-state index is 5.11. The Hall–Kier alpha value is -1.41. The number of aryl methyl sites for hydroxylation is 1. The maximum atomic E-state index is 5.11. The summed E-state index contributed by atoms with van der Waals surface area (Å²) in [6.45, 7) is 4.11. The highest BCUT2D eigenvalue weighted by Gasteiger charge is 2.21. The molecule has 0 aromatic carbocycles. The zero-order valence-corrected chi connectivity index (χ0v) is 13.2. The van der Waals surface area contributed by atoms with Gasteiger partial charge in [-0.1, -0.05) is 23.8 Å². The van der Waals surface area contributed by atoms with Gasteiger partial charge in [0, 0.05) is 19.4 Å². The second-order valence-corrected chi connectivity index (χ2v) is 6.11. The van der Waals surface area contributed by atoms with Gasteiger partial charge in [0.25, 0.3) is 0 Å². The van der Waals surface area contributed by atoms with Gasteiger partial charge in [0.05, 0.1) is 5.75 Å². The van der Waals surface area contributed by atoms with Crippen LogP contribution in [0.25, 0.3) is 0 Å². The van der Waals surface area contributed by atoms with Gasteiger partial charge in [-0.3, -0.25) is 0 Å². The average Bonchev–Trinajstić information content (AvgIpc) is 3.13. The van der Waals surface area contributed by atoms with Crippen molar-refractivity contribution in [1.29, 1.82) is 0 Å². The molecule has 0 saturated carbocycles. The van der Waals surface area contributed by atoms with E-state index in [2.05, 4.69) is 30.2 Å². The third-order valence-electron chi connectivity index (χ3n) is 3.72. The van der Waals surface area contributed by atoms with Crippen LogP contribution in [0.2, 0.25) is 0 Å².